The quantitative estimate of drug-likeness (QED) is 0.247. The van der Waals surface area contributed by atoms with Crippen molar-refractivity contribution in [1.29, 1.82) is 0 Å². The fourth-order valence-electron chi connectivity index (χ4n) is 9.98. The van der Waals surface area contributed by atoms with Crippen LogP contribution in [-0.2, 0) is 24.4 Å². The number of carbonyl (C=O) groups excluding carboxylic acids is 2. The van der Waals surface area contributed by atoms with Crippen molar-refractivity contribution in [2.24, 2.45) is 11.3 Å². The van der Waals surface area contributed by atoms with E-state index >= 15 is 0 Å². The summed E-state index contributed by atoms with van der Waals surface area (Å²) in [7, 11) is 11.9. The van der Waals surface area contributed by atoms with E-state index in [1.165, 1.54) is 28.4 Å². The van der Waals surface area contributed by atoms with Gasteiger partial charge < -0.3 is 33.3 Å². The number of carbonyl (C=O) groups is 2. The molecule has 11 heteroatoms. The SMILES string of the molecule is C/C=C1/C[N+]2(C)[C@@H]3C[C@@]45c6cc(OC)ccc6N(C)[C@]4(O3)[C@@H]2C[C@@H]1[C@]5(COC(=O)c1cc(OC)c(OC)c(OC)c1)C(=O)OC. The van der Waals surface area contributed by atoms with Crippen molar-refractivity contribution < 1.29 is 47.2 Å². The van der Waals surface area contributed by atoms with Gasteiger partial charge in [0.2, 0.25) is 11.5 Å². The Balaban J connectivity index is 1.43. The molecule has 240 valence electrons. The van der Waals surface area contributed by atoms with Gasteiger partial charge in [-0.3, -0.25) is 14.0 Å². The van der Waals surface area contributed by atoms with E-state index in [4.69, 9.17) is 33.2 Å². The normalized spacial score (nSPS) is 35.6. The molecular weight excluding hydrogens is 580 g/mol. The number of hydrogen-bond acceptors (Lipinski definition) is 10. The molecule has 4 heterocycles. The lowest BCUT2D eigenvalue weighted by Gasteiger charge is -2.66. The molecule has 1 spiro atoms. The van der Waals surface area contributed by atoms with Crippen LogP contribution in [0.5, 0.6) is 23.0 Å². The average Bonchev–Trinajstić information content (AvgIpc) is 3.65. The van der Waals surface area contributed by atoms with Crippen molar-refractivity contribution in [2.45, 2.75) is 43.2 Å². The van der Waals surface area contributed by atoms with E-state index in [2.05, 4.69) is 25.1 Å². The zero-order valence-electron chi connectivity index (χ0n) is 27.1. The molecule has 7 atom stereocenters. The number of anilines is 1. The molecule has 4 fully saturated rings. The minimum atomic E-state index is -1.30. The van der Waals surface area contributed by atoms with Gasteiger partial charge in [-0.05, 0) is 48.4 Å². The number of likely N-dealkylation sites (N-methyl/N-ethyl adjacent to an activating group) is 2. The molecule has 2 aromatic carbocycles. The van der Waals surface area contributed by atoms with Crippen LogP contribution in [0.15, 0.2) is 42.0 Å². The highest BCUT2D eigenvalue weighted by molar-refractivity contribution is 5.92. The topological polar surface area (TPSA) is 102 Å². The van der Waals surface area contributed by atoms with Gasteiger partial charge in [0.1, 0.15) is 30.4 Å². The van der Waals surface area contributed by atoms with Gasteiger partial charge in [-0.1, -0.05) is 6.08 Å². The standard InChI is InChI=1S/C34H41N2O9/c1-9-19-17-36(3)27-15-22(19)32(31(38)43-8,18-44-30(37)20-12-25(40-5)29(42-7)26(13-20)41-6)33-16-28(36)45-34(27,33)35(2)24-11-10-21(39-4)14-23(24)33/h9-14,22,27-28H,15-18H2,1-8H3/q+1/b19-9-/t22-,27-,28-,32+,33-,34-,36?/m0/s1. The summed E-state index contributed by atoms with van der Waals surface area (Å²) in [5.41, 5.74) is 0.226. The zero-order chi connectivity index (χ0) is 32.1. The predicted molar refractivity (Wildman–Crippen MR) is 163 cm³/mol. The fraction of sp³-hybridized carbons (Fsp3) is 0.529. The van der Waals surface area contributed by atoms with Crippen LogP contribution in [0.3, 0.4) is 0 Å². The van der Waals surface area contributed by atoms with Crippen molar-refractivity contribution >= 4 is 17.6 Å². The molecule has 2 aromatic rings. The highest BCUT2D eigenvalue weighted by Gasteiger charge is 2.93. The minimum Gasteiger partial charge on any atom is -0.497 e. The van der Waals surface area contributed by atoms with Crippen LogP contribution < -0.4 is 23.8 Å². The molecule has 5 aliphatic rings. The van der Waals surface area contributed by atoms with Crippen LogP contribution in [0.1, 0.15) is 35.7 Å². The Hall–Kier alpha value is -3.96. The summed E-state index contributed by atoms with van der Waals surface area (Å²) < 4.78 is 42.1. The van der Waals surface area contributed by atoms with Crippen molar-refractivity contribution in [2.75, 3.05) is 67.7 Å². The molecule has 3 saturated heterocycles. The lowest BCUT2D eigenvalue weighted by atomic mass is 9.41. The zero-order valence-corrected chi connectivity index (χ0v) is 27.1. The Bertz CT molecular complexity index is 1620. The van der Waals surface area contributed by atoms with Crippen LogP contribution in [-0.4, -0.2) is 97.2 Å². The van der Waals surface area contributed by atoms with Crippen LogP contribution in [0.2, 0.25) is 0 Å². The second-order valence-corrected chi connectivity index (χ2v) is 12.9. The summed E-state index contributed by atoms with van der Waals surface area (Å²) in [5.74, 6) is 0.407. The Labute approximate surface area is 263 Å². The molecule has 0 radical (unpaired) electrons. The molecule has 0 N–H and O–H groups in total. The Kier molecular flexibility index (Phi) is 6.45. The van der Waals surface area contributed by atoms with E-state index in [0.717, 1.165) is 27.9 Å². The van der Waals surface area contributed by atoms with Crippen LogP contribution in [0.4, 0.5) is 5.69 Å². The third kappa shape index (κ3) is 3.22. The number of methoxy groups -OCH3 is 5. The van der Waals surface area contributed by atoms with Crippen molar-refractivity contribution in [3.63, 3.8) is 0 Å². The number of hydrogen-bond donors (Lipinski definition) is 0. The smallest absolute Gasteiger partial charge is 0.338 e. The molecule has 4 aliphatic heterocycles. The first kappa shape index (κ1) is 29.7. The Morgan fingerprint density at radius 3 is 2.36 bits per heavy atom. The third-order valence-corrected chi connectivity index (χ3v) is 11.8. The lowest BCUT2D eigenvalue weighted by molar-refractivity contribution is -0.960. The van der Waals surface area contributed by atoms with E-state index in [1.807, 2.05) is 25.1 Å². The van der Waals surface area contributed by atoms with Gasteiger partial charge in [0.25, 0.3) is 0 Å². The van der Waals surface area contributed by atoms with Crippen LogP contribution in [0, 0.1) is 11.3 Å². The van der Waals surface area contributed by atoms with Crippen molar-refractivity contribution in [3.8, 4) is 23.0 Å². The summed E-state index contributed by atoms with van der Waals surface area (Å²) >= 11 is 0. The first-order valence-corrected chi connectivity index (χ1v) is 15.2. The van der Waals surface area contributed by atoms with Crippen LogP contribution >= 0.6 is 0 Å². The molecule has 0 aromatic heterocycles. The Morgan fingerprint density at radius 2 is 1.76 bits per heavy atom. The highest BCUT2D eigenvalue weighted by atomic mass is 16.6. The molecule has 1 aliphatic carbocycles. The average molecular weight is 622 g/mol. The number of fused-ring (bicyclic) bond motifs is 4. The van der Waals surface area contributed by atoms with Gasteiger partial charge >= 0.3 is 11.9 Å². The van der Waals surface area contributed by atoms with Gasteiger partial charge in [0, 0.05) is 31.5 Å². The monoisotopic (exact) mass is 621 g/mol. The number of nitrogens with zero attached hydrogens (tertiary/aromatic N) is 2. The number of ether oxygens (including phenoxy) is 7. The van der Waals surface area contributed by atoms with Gasteiger partial charge in [-0.15, -0.1) is 0 Å². The maximum atomic E-state index is 14.7. The third-order valence-electron chi connectivity index (χ3n) is 11.8. The van der Waals surface area contributed by atoms with Crippen molar-refractivity contribution in [1.82, 2.24) is 0 Å². The summed E-state index contributed by atoms with van der Waals surface area (Å²) in [6.45, 7) is 2.54. The summed E-state index contributed by atoms with van der Waals surface area (Å²) in [6, 6.07) is 9.19. The van der Waals surface area contributed by atoms with E-state index in [-0.39, 0.29) is 30.4 Å². The van der Waals surface area contributed by atoms with Crippen LogP contribution in [0.25, 0.3) is 0 Å². The molecule has 4 bridgehead atoms. The first-order valence-electron chi connectivity index (χ1n) is 15.2. The van der Waals surface area contributed by atoms with E-state index in [1.54, 1.807) is 19.2 Å². The fourth-order valence-corrected chi connectivity index (χ4v) is 9.98. The molecule has 0 amide bonds. The molecule has 1 unspecified atom stereocenters. The number of piperidine rings is 2. The first-order chi connectivity index (χ1) is 21.6. The summed E-state index contributed by atoms with van der Waals surface area (Å²) in [6.07, 6.45) is 3.20. The predicted octanol–water partition coefficient (Wildman–Crippen LogP) is 3.68. The second kappa shape index (κ2) is 9.77. The summed E-state index contributed by atoms with van der Waals surface area (Å²) in [5, 5.41) is 0. The lowest BCUT2D eigenvalue weighted by Crippen LogP contribution is -2.83. The Morgan fingerprint density at radius 1 is 1.04 bits per heavy atom. The van der Waals surface area contributed by atoms with Gasteiger partial charge in [-0.25, -0.2) is 4.79 Å². The van der Waals surface area contributed by atoms with E-state index < -0.39 is 28.5 Å². The number of rotatable bonds is 8. The molecule has 1 saturated carbocycles. The number of esters is 2. The highest BCUT2D eigenvalue weighted by Crippen LogP contribution is 2.79. The van der Waals surface area contributed by atoms with Gasteiger partial charge in [0.15, 0.2) is 17.7 Å². The van der Waals surface area contributed by atoms with Gasteiger partial charge in [-0.2, -0.15) is 0 Å². The second-order valence-electron chi connectivity index (χ2n) is 12.9. The maximum Gasteiger partial charge on any atom is 0.338 e. The molecule has 11 nitrogen and oxygen atoms in total. The largest absolute Gasteiger partial charge is 0.497 e. The number of quaternary nitrogens is 1. The van der Waals surface area contributed by atoms with E-state index in [0.29, 0.717) is 35.8 Å². The molecular formula is C34H41N2O9+. The van der Waals surface area contributed by atoms with Crippen molar-refractivity contribution in [3.05, 3.63) is 53.1 Å². The summed E-state index contributed by atoms with van der Waals surface area (Å²) in [4.78, 5) is 30.9. The maximum absolute atomic E-state index is 14.7. The minimum absolute atomic E-state index is 0.0805. The molecule has 7 rings (SSSR count). The van der Waals surface area contributed by atoms with E-state index in [9.17, 15) is 9.59 Å². The molecule has 45 heavy (non-hydrogen) atoms. The van der Waals surface area contributed by atoms with Gasteiger partial charge in [0.05, 0.1) is 53.6 Å². The number of benzene rings is 2. The number of allylic oxidation sites excluding steroid dienone is 1.